The van der Waals surface area contributed by atoms with Crippen molar-refractivity contribution in [2.45, 2.75) is 28.4 Å². The quantitative estimate of drug-likeness (QED) is 0.509. The van der Waals surface area contributed by atoms with Crippen LogP contribution in [-0.4, -0.2) is 43.9 Å². The summed E-state index contributed by atoms with van der Waals surface area (Å²) in [5.74, 6) is -2.67. The summed E-state index contributed by atoms with van der Waals surface area (Å²) in [7, 11) is -3.50. The van der Waals surface area contributed by atoms with E-state index < -0.39 is 15.8 Å². The molecule has 1 fully saturated rings. The molecule has 5 nitrogen and oxygen atoms in total. The van der Waals surface area contributed by atoms with Crippen LogP contribution in [0, 0.1) is 0 Å². The van der Waals surface area contributed by atoms with Gasteiger partial charge in [-0.05, 0) is 61.4 Å². The van der Waals surface area contributed by atoms with Crippen LogP contribution in [0.1, 0.15) is 23.2 Å². The number of carbonyl (C=O) groups is 1. The summed E-state index contributed by atoms with van der Waals surface area (Å²) >= 11 is 0.460. The maximum atomic E-state index is 12.5. The maximum absolute atomic E-state index is 12.5. The molecule has 2 aromatic rings. The zero-order valence-corrected chi connectivity index (χ0v) is 16.6. The van der Waals surface area contributed by atoms with Crippen molar-refractivity contribution in [3.05, 3.63) is 54.1 Å². The van der Waals surface area contributed by atoms with Crippen LogP contribution in [0.2, 0.25) is 0 Å². The number of sulfonamides is 1. The molecule has 1 N–H and O–H groups in total. The third-order valence-electron chi connectivity index (χ3n) is 4.41. The Kier molecular flexibility index (Phi) is 6.69. The fourth-order valence-corrected chi connectivity index (χ4v) is 4.95. The van der Waals surface area contributed by atoms with Gasteiger partial charge in [0.15, 0.2) is 5.78 Å². The van der Waals surface area contributed by atoms with E-state index in [4.69, 9.17) is 0 Å². The lowest BCUT2D eigenvalue weighted by atomic mass is 10.1. The molecule has 1 aliphatic heterocycles. The molecule has 1 aliphatic rings. The molecule has 3 rings (SSSR count). The number of Topliss-reactive ketones (excluding diaryl/α,β-unsaturated/α-hetero) is 1. The Morgan fingerprint density at radius 1 is 1.04 bits per heavy atom. The lowest BCUT2D eigenvalue weighted by Gasteiger charge is -2.15. The Bertz CT molecular complexity index is 911. The summed E-state index contributed by atoms with van der Waals surface area (Å²) in [6.45, 7) is 1.07. The number of anilines is 1. The number of nitrogens with one attached hydrogen (secondary N) is 1. The summed E-state index contributed by atoms with van der Waals surface area (Å²) in [6, 6.07) is 12.3. The van der Waals surface area contributed by atoms with E-state index in [9.17, 15) is 22.0 Å². The van der Waals surface area contributed by atoms with Crippen LogP contribution in [0.15, 0.2) is 58.3 Å². The first-order chi connectivity index (χ1) is 13.4. The molecule has 0 atom stereocenters. The molecule has 1 heterocycles. The number of nitrogens with zero attached hydrogens (tertiary/aromatic N) is 1. The number of benzene rings is 2. The molecular formula is C19H20F2N2O3S2. The summed E-state index contributed by atoms with van der Waals surface area (Å²) in [6.07, 6.45) is 1.73. The minimum atomic E-state index is -3.50. The average molecular weight is 427 g/mol. The summed E-state index contributed by atoms with van der Waals surface area (Å²) in [5.41, 5.74) is 1.04. The van der Waals surface area contributed by atoms with E-state index in [1.165, 1.54) is 28.6 Å². The number of hydrogen-bond donors (Lipinski definition) is 1. The second kappa shape index (κ2) is 9.02. The van der Waals surface area contributed by atoms with Gasteiger partial charge < -0.3 is 5.32 Å². The van der Waals surface area contributed by atoms with Crippen molar-refractivity contribution in [2.75, 3.05) is 25.0 Å². The first-order valence-electron chi connectivity index (χ1n) is 8.78. The third-order valence-corrected chi connectivity index (χ3v) is 7.05. The molecule has 2 aromatic carbocycles. The van der Waals surface area contributed by atoms with E-state index in [0.717, 1.165) is 12.8 Å². The Hall–Kier alpha value is -1.97. The van der Waals surface area contributed by atoms with Crippen LogP contribution in [0.3, 0.4) is 0 Å². The SMILES string of the molecule is O=C(CNc1ccc(SC(F)F)cc1)c1ccc(S(=O)(=O)N2CCCC2)cc1. The average Bonchev–Trinajstić information content (AvgIpc) is 3.22. The van der Waals surface area contributed by atoms with Gasteiger partial charge in [-0.2, -0.15) is 13.1 Å². The number of carbonyl (C=O) groups excluding carboxylic acids is 1. The van der Waals surface area contributed by atoms with Crippen LogP contribution in [0.4, 0.5) is 14.5 Å². The Morgan fingerprint density at radius 2 is 1.64 bits per heavy atom. The highest BCUT2D eigenvalue weighted by atomic mass is 32.2. The Labute approximate surface area is 167 Å². The summed E-state index contributed by atoms with van der Waals surface area (Å²) in [5, 5.41) is 2.94. The van der Waals surface area contributed by atoms with Gasteiger partial charge in [0.2, 0.25) is 10.0 Å². The highest BCUT2D eigenvalue weighted by molar-refractivity contribution is 7.99. The van der Waals surface area contributed by atoms with E-state index in [1.54, 1.807) is 24.3 Å². The Balaban J connectivity index is 1.59. The van der Waals surface area contributed by atoms with E-state index in [0.29, 0.717) is 41.0 Å². The van der Waals surface area contributed by atoms with E-state index in [1.807, 2.05) is 0 Å². The van der Waals surface area contributed by atoms with E-state index >= 15 is 0 Å². The predicted octanol–water partition coefficient (Wildman–Crippen LogP) is 4.08. The number of thioether (sulfide) groups is 1. The minimum Gasteiger partial charge on any atom is -0.378 e. The van der Waals surface area contributed by atoms with E-state index in [-0.39, 0.29) is 17.2 Å². The smallest absolute Gasteiger partial charge is 0.288 e. The zero-order chi connectivity index (χ0) is 20.1. The van der Waals surface area contributed by atoms with E-state index in [2.05, 4.69) is 5.32 Å². The predicted molar refractivity (Wildman–Crippen MR) is 106 cm³/mol. The van der Waals surface area contributed by atoms with Gasteiger partial charge in [-0.15, -0.1) is 0 Å². The monoisotopic (exact) mass is 426 g/mol. The molecule has 0 unspecified atom stereocenters. The fourth-order valence-electron chi connectivity index (χ4n) is 2.93. The molecule has 150 valence electrons. The normalized spacial score (nSPS) is 15.1. The molecule has 0 amide bonds. The zero-order valence-electron chi connectivity index (χ0n) is 15.0. The highest BCUT2D eigenvalue weighted by Gasteiger charge is 2.27. The first kappa shape index (κ1) is 20.8. The van der Waals surface area contributed by atoms with Crippen LogP contribution in [0.25, 0.3) is 0 Å². The highest BCUT2D eigenvalue weighted by Crippen LogP contribution is 2.26. The van der Waals surface area contributed by atoms with Crippen molar-refractivity contribution in [1.29, 1.82) is 0 Å². The van der Waals surface area contributed by atoms with Crippen LogP contribution >= 0.6 is 11.8 Å². The second-order valence-electron chi connectivity index (χ2n) is 6.32. The van der Waals surface area contributed by atoms with Gasteiger partial charge >= 0.3 is 0 Å². The second-order valence-corrected chi connectivity index (χ2v) is 9.32. The number of ketones is 1. The number of halogens is 2. The van der Waals surface area contributed by atoms with Gasteiger partial charge in [0.05, 0.1) is 11.4 Å². The Morgan fingerprint density at radius 3 is 2.21 bits per heavy atom. The molecule has 0 bridgehead atoms. The largest absolute Gasteiger partial charge is 0.378 e. The molecule has 0 aromatic heterocycles. The molecule has 9 heteroatoms. The molecule has 0 aliphatic carbocycles. The van der Waals surface area contributed by atoms with Crippen LogP contribution in [-0.2, 0) is 10.0 Å². The fraction of sp³-hybridized carbons (Fsp3) is 0.316. The van der Waals surface area contributed by atoms with Crippen molar-refractivity contribution >= 4 is 33.3 Å². The van der Waals surface area contributed by atoms with Crippen molar-refractivity contribution in [2.24, 2.45) is 0 Å². The van der Waals surface area contributed by atoms with Gasteiger partial charge in [0, 0.05) is 29.2 Å². The van der Waals surface area contributed by atoms with Crippen LogP contribution < -0.4 is 5.32 Å². The number of alkyl halides is 2. The van der Waals surface area contributed by atoms with Gasteiger partial charge in [0.1, 0.15) is 0 Å². The van der Waals surface area contributed by atoms with Gasteiger partial charge in [0.25, 0.3) is 5.76 Å². The number of rotatable bonds is 8. The molecular weight excluding hydrogens is 406 g/mol. The molecule has 1 saturated heterocycles. The van der Waals surface area contributed by atoms with Gasteiger partial charge in [-0.1, -0.05) is 11.8 Å². The van der Waals surface area contributed by atoms with Crippen molar-refractivity contribution in [3.63, 3.8) is 0 Å². The van der Waals surface area contributed by atoms with Crippen molar-refractivity contribution in [3.8, 4) is 0 Å². The van der Waals surface area contributed by atoms with Crippen molar-refractivity contribution < 1.29 is 22.0 Å². The molecule has 28 heavy (non-hydrogen) atoms. The first-order valence-corrected chi connectivity index (χ1v) is 11.1. The standard InChI is InChI=1S/C19H20F2N2O3S2/c20-19(21)27-16-7-5-15(6-8-16)22-13-18(24)14-3-9-17(10-4-14)28(25,26)23-11-1-2-12-23/h3-10,19,22H,1-2,11-13H2. The molecule has 0 saturated carbocycles. The minimum absolute atomic E-state index is 0.0135. The lowest BCUT2D eigenvalue weighted by Crippen LogP contribution is -2.27. The lowest BCUT2D eigenvalue weighted by molar-refractivity contribution is 0.101. The molecule has 0 radical (unpaired) electrons. The van der Waals surface area contributed by atoms with Crippen LogP contribution in [0.5, 0.6) is 0 Å². The van der Waals surface area contributed by atoms with Gasteiger partial charge in [-0.3, -0.25) is 4.79 Å². The summed E-state index contributed by atoms with van der Waals surface area (Å²) in [4.78, 5) is 13.0. The van der Waals surface area contributed by atoms with Crippen molar-refractivity contribution in [1.82, 2.24) is 4.31 Å². The number of hydrogen-bond acceptors (Lipinski definition) is 5. The third kappa shape index (κ3) is 5.09. The topological polar surface area (TPSA) is 66.5 Å². The maximum Gasteiger partial charge on any atom is 0.288 e. The molecule has 0 spiro atoms. The van der Waals surface area contributed by atoms with Gasteiger partial charge in [-0.25, -0.2) is 8.42 Å². The summed E-state index contributed by atoms with van der Waals surface area (Å²) < 4.78 is 51.1.